The van der Waals surface area contributed by atoms with Crippen LogP contribution in [0.25, 0.3) is 16.9 Å². The normalized spacial score (nSPS) is 12.0. The zero-order valence-electron chi connectivity index (χ0n) is 57.8. The van der Waals surface area contributed by atoms with Crippen molar-refractivity contribution in [1.29, 1.82) is 0 Å². The first-order valence-electron chi connectivity index (χ1n) is 37.7. The Labute approximate surface area is 543 Å². The van der Waals surface area contributed by atoms with Gasteiger partial charge in [-0.15, -0.1) is 0 Å². The van der Waals surface area contributed by atoms with Gasteiger partial charge in [0.25, 0.3) is 0 Å². The van der Waals surface area contributed by atoms with Crippen LogP contribution in [0.1, 0.15) is 411 Å². The third kappa shape index (κ3) is 46.3. The predicted octanol–water partition coefficient (Wildman–Crippen LogP) is 28.8. The number of unbranched alkanes of at least 4 members (excludes halogenated alkanes) is 47. The zero-order chi connectivity index (χ0) is 60.9. The number of hydrogen-bond acceptors (Lipinski definition) is 0. The van der Waals surface area contributed by atoms with Gasteiger partial charge < -0.3 is 19.4 Å². The maximum Gasteiger partial charge on any atom is 2.00 e. The first kappa shape index (κ1) is 82.6. The molecule has 3 rings (SSSR count). The average molecular weight is 1210 g/mol. The van der Waals surface area contributed by atoms with E-state index < -0.39 is 0 Å². The van der Waals surface area contributed by atoms with Crippen molar-refractivity contribution < 1.29 is 21.2 Å². The standard InChI is InChI=1S/C44H64N2.2C19H39.Ni/c1-5-9-13-14-15-16-17-18-19-20-21-22-23-24-34-42-41(33-12-8-4)43(39-31-25-29-37(35-39)27-10-6-2)46(45)44(42)40-32-26-30-38(36-40)28-11-7-3;2*1-3-5-7-9-11-13-15-17-19-18-16-14-12-10-8-6-4-2;/h25-26,29-32,35-36H,5-23,27-28,33H2,1-4H3;2*1,3-19H2,2H3;/q;2*-1;+2. The second-order valence-corrected chi connectivity index (χ2v) is 25.8. The average Bonchev–Trinajstić information content (AvgIpc) is 2.37. The molecule has 0 saturated carbocycles. The molecule has 0 N–H and O–H groups in total. The Morgan fingerprint density at radius 2 is 0.600 bits per heavy atom. The molecule has 0 unspecified atom stereocenters. The van der Waals surface area contributed by atoms with Gasteiger partial charge in [0.05, 0.1) is 0 Å². The topological polar surface area (TPSA) is 25.3 Å². The zero-order valence-corrected chi connectivity index (χ0v) is 58.8. The van der Waals surface area contributed by atoms with Gasteiger partial charge in [-0.1, -0.05) is 373 Å². The number of allylic oxidation sites excluding steroid dienone is 2. The smallest absolute Gasteiger partial charge is 0.493 e. The van der Waals surface area contributed by atoms with Crippen LogP contribution in [0.4, 0.5) is 0 Å². The van der Waals surface area contributed by atoms with Crippen LogP contribution in [0.2, 0.25) is 0 Å². The van der Waals surface area contributed by atoms with Crippen molar-refractivity contribution in [1.82, 2.24) is 0 Å². The number of hydrogen-bond donors (Lipinski definition) is 0. The van der Waals surface area contributed by atoms with E-state index in [4.69, 9.17) is 0 Å². The SMILES string of the molecule is CCCCCCCCCCCCCCC#CC1=C(c2cccc(CCCC)c2)[N+](=[N-])C(c2cccc(CCCC)c2)=C1CCCC.[CH2-]CCCCCCCCCCCCCCCCCC.[CH2-]CCCCCCCCCCCCCCCCCC.[Ni+2]. The molecule has 1 heterocycles. The van der Waals surface area contributed by atoms with Crippen LogP contribution < -0.4 is 0 Å². The van der Waals surface area contributed by atoms with E-state index in [1.54, 1.807) is 0 Å². The quantitative estimate of drug-likeness (QED) is 0.0207. The van der Waals surface area contributed by atoms with Crippen molar-refractivity contribution in [3.8, 4) is 11.8 Å². The Bertz CT molecular complexity index is 1830. The molecule has 85 heavy (non-hydrogen) atoms. The van der Waals surface area contributed by atoms with Gasteiger partial charge in [-0.3, -0.25) is 0 Å². The molecule has 1 aliphatic rings. The van der Waals surface area contributed by atoms with E-state index in [9.17, 15) is 5.53 Å². The van der Waals surface area contributed by atoms with Crippen molar-refractivity contribution in [2.24, 2.45) is 0 Å². The van der Waals surface area contributed by atoms with Gasteiger partial charge in [0.1, 0.15) is 5.57 Å². The minimum Gasteiger partial charge on any atom is -0.493 e. The summed E-state index contributed by atoms with van der Waals surface area (Å²) in [4.78, 5) is 0. The minimum absolute atomic E-state index is 0. The molecular formula is C82H142N2Ni. The molecule has 1 aliphatic heterocycles. The second kappa shape index (κ2) is 64.6. The summed E-state index contributed by atoms with van der Waals surface area (Å²) < 4.78 is 1.48. The fourth-order valence-corrected chi connectivity index (χ4v) is 12.1. The molecule has 0 aromatic heterocycles. The molecule has 2 aromatic rings. The Morgan fingerprint density at radius 1 is 0.329 bits per heavy atom. The van der Waals surface area contributed by atoms with Crippen LogP contribution >= 0.6 is 0 Å². The van der Waals surface area contributed by atoms with Crippen LogP contribution in [0.15, 0.2) is 59.7 Å². The van der Waals surface area contributed by atoms with Crippen molar-refractivity contribution in [3.05, 3.63) is 101 Å². The van der Waals surface area contributed by atoms with E-state index in [1.807, 2.05) is 0 Å². The van der Waals surface area contributed by atoms with Gasteiger partial charge in [-0.05, 0) is 80.3 Å². The largest absolute Gasteiger partial charge is 2.00 e. The van der Waals surface area contributed by atoms with Crippen molar-refractivity contribution in [2.45, 2.75) is 401 Å². The van der Waals surface area contributed by atoms with Crippen LogP contribution in [0.3, 0.4) is 0 Å². The summed E-state index contributed by atoms with van der Waals surface area (Å²) in [5, 5.41) is 0. The third-order valence-electron chi connectivity index (χ3n) is 17.6. The van der Waals surface area contributed by atoms with Crippen LogP contribution in [0, 0.1) is 25.7 Å². The van der Waals surface area contributed by atoms with E-state index in [2.05, 4.69) is 116 Å². The van der Waals surface area contributed by atoms with Crippen molar-refractivity contribution >= 4 is 11.4 Å². The molecular weight excluding hydrogens is 1070 g/mol. The molecule has 0 aliphatic carbocycles. The maximum atomic E-state index is 12.0. The Hall–Kier alpha value is -2.43. The monoisotopic (exact) mass is 1210 g/mol. The van der Waals surface area contributed by atoms with Crippen molar-refractivity contribution in [2.75, 3.05) is 0 Å². The van der Waals surface area contributed by atoms with E-state index in [-0.39, 0.29) is 16.5 Å². The number of benzene rings is 2. The van der Waals surface area contributed by atoms with E-state index in [1.165, 1.54) is 323 Å². The minimum atomic E-state index is 0. The molecule has 2 aromatic carbocycles. The molecule has 3 heteroatoms. The van der Waals surface area contributed by atoms with Gasteiger partial charge >= 0.3 is 16.5 Å². The molecule has 0 bridgehead atoms. The van der Waals surface area contributed by atoms with Crippen LogP contribution in [-0.2, 0) is 29.3 Å². The predicted molar refractivity (Wildman–Crippen MR) is 380 cm³/mol. The Balaban J connectivity index is 0.00000149. The Morgan fingerprint density at radius 3 is 0.906 bits per heavy atom. The van der Waals surface area contributed by atoms with E-state index in [0.29, 0.717) is 0 Å². The van der Waals surface area contributed by atoms with Gasteiger partial charge in [0.2, 0.25) is 11.4 Å². The maximum absolute atomic E-state index is 12.0. The summed E-state index contributed by atoms with van der Waals surface area (Å²) in [6, 6.07) is 17.6. The van der Waals surface area contributed by atoms with Gasteiger partial charge in [-0.25, -0.2) is 4.70 Å². The van der Waals surface area contributed by atoms with Gasteiger partial charge in [0, 0.05) is 23.1 Å². The molecule has 490 valence electrons. The first-order chi connectivity index (χ1) is 41.5. The van der Waals surface area contributed by atoms with Crippen molar-refractivity contribution in [3.63, 3.8) is 0 Å². The molecule has 0 fully saturated rings. The summed E-state index contributed by atoms with van der Waals surface area (Å²) in [6.45, 7) is 21.4. The Kier molecular flexibility index (Phi) is 62.7. The summed E-state index contributed by atoms with van der Waals surface area (Å²) >= 11 is 0. The number of nitrogens with zero attached hydrogens (tertiary/aromatic N) is 2. The molecule has 0 atom stereocenters. The fraction of sp³-hybridized carbons (Fsp3) is 0.756. The summed E-state index contributed by atoms with van der Waals surface area (Å²) in [7, 11) is 0. The summed E-state index contributed by atoms with van der Waals surface area (Å²) in [6.07, 6.45) is 75.8. The number of aryl methyl sites for hydroxylation is 2. The van der Waals surface area contributed by atoms with E-state index in [0.717, 1.165) is 85.9 Å². The second-order valence-electron chi connectivity index (χ2n) is 25.8. The molecule has 0 radical (unpaired) electrons. The van der Waals surface area contributed by atoms with Gasteiger partial charge in [0.15, 0.2) is 0 Å². The first-order valence-corrected chi connectivity index (χ1v) is 37.7. The van der Waals surface area contributed by atoms with Crippen LogP contribution in [-0.4, -0.2) is 4.70 Å². The van der Waals surface area contributed by atoms with E-state index >= 15 is 0 Å². The van der Waals surface area contributed by atoms with Crippen LogP contribution in [0.5, 0.6) is 0 Å². The third-order valence-corrected chi connectivity index (χ3v) is 17.6. The van der Waals surface area contributed by atoms with Gasteiger partial charge in [-0.2, -0.15) is 12.8 Å². The summed E-state index contributed by atoms with van der Waals surface area (Å²) in [5.74, 6) is 7.21. The molecule has 0 saturated heterocycles. The summed E-state index contributed by atoms with van der Waals surface area (Å²) in [5.41, 5.74) is 20.8. The number of rotatable bonds is 55. The molecule has 0 spiro atoms. The molecule has 0 amide bonds. The molecule has 2 nitrogen and oxygen atoms in total. The fourth-order valence-electron chi connectivity index (χ4n) is 12.1.